The highest BCUT2D eigenvalue weighted by Gasteiger charge is 2.15. The van der Waals surface area contributed by atoms with Crippen LogP contribution in [0.4, 0.5) is 0 Å². The van der Waals surface area contributed by atoms with E-state index in [0.717, 1.165) is 12.1 Å². The van der Waals surface area contributed by atoms with Crippen molar-refractivity contribution in [2.45, 2.75) is 34.1 Å². The Morgan fingerprint density at radius 1 is 1.42 bits per heavy atom. The zero-order valence-electron chi connectivity index (χ0n) is 7.94. The summed E-state index contributed by atoms with van der Waals surface area (Å²) in [6.45, 7) is 8.68. The van der Waals surface area contributed by atoms with Crippen LogP contribution in [0.1, 0.15) is 31.3 Å². The van der Waals surface area contributed by atoms with Gasteiger partial charge in [-0.3, -0.25) is 0 Å². The molecule has 0 bridgehead atoms. The minimum atomic E-state index is 0.320. The van der Waals surface area contributed by atoms with Crippen molar-refractivity contribution >= 4 is 22.9 Å². The quantitative estimate of drug-likeness (QED) is 0.679. The van der Waals surface area contributed by atoms with E-state index in [1.807, 2.05) is 6.92 Å². The second-order valence-electron chi connectivity index (χ2n) is 4.21. The molecule has 0 spiro atoms. The Morgan fingerprint density at radius 2 is 2.00 bits per heavy atom. The number of hydrogen-bond donors (Lipinski definition) is 0. The van der Waals surface area contributed by atoms with Crippen LogP contribution < -0.4 is 0 Å². The molecule has 0 aliphatic heterocycles. The standard InChI is InChI=1S/C9H14ClNS/c1-6-7(5-9(2,3)4)12-8(10)11-6/h5H2,1-4H3. The average Bonchev–Trinajstić information content (AvgIpc) is 2.06. The van der Waals surface area contributed by atoms with E-state index in [9.17, 15) is 0 Å². The highest BCUT2D eigenvalue weighted by molar-refractivity contribution is 7.15. The third-order valence-electron chi connectivity index (χ3n) is 1.56. The van der Waals surface area contributed by atoms with E-state index in [1.165, 1.54) is 4.88 Å². The van der Waals surface area contributed by atoms with E-state index >= 15 is 0 Å². The Balaban J connectivity index is 2.82. The molecular weight excluding hydrogens is 190 g/mol. The van der Waals surface area contributed by atoms with Gasteiger partial charge < -0.3 is 0 Å². The maximum Gasteiger partial charge on any atom is 0.184 e. The van der Waals surface area contributed by atoms with Gasteiger partial charge in [0.1, 0.15) is 0 Å². The molecule has 0 N–H and O–H groups in total. The fraction of sp³-hybridized carbons (Fsp3) is 0.667. The monoisotopic (exact) mass is 203 g/mol. The Morgan fingerprint density at radius 3 is 2.33 bits per heavy atom. The summed E-state index contributed by atoms with van der Waals surface area (Å²) in [5, 5.41) is 0. The fourth-order valence-corrected chi connectivity index (χ4v) is 2.53. The van der Waals surface area contributed by atoms with Crippen LogP contribution >= 0.6 is 22.9 Å². The molecule has 68 valence electrons. The van der Waals surface area contributed by atoms with Crippen LogP contribution in [-0.4, -0.2) is 4.98 Å². The van der Waals surface area contributed by atoms with Crippen molar-refractivity contribution in [2.75, 3.05) is 0 Å². The van der Waals surface area contributed by atoms with Gasteiger partial charge in [0.05, 0.1) is 5.69 Å². The van der Waals surface area contributed by atoms with Gasteiger partial charge in [-0.05, 0) is 18.8 Å². The van der Waals surface area contributed by atoms with Gasteiger partial charge in [0.15, 0.2) is 4.47 Å². The summed E-state index contributed by atoms with van der Waals surface area (Å²) in [6, 6.07) is 0. The molecule has 0 radical (unpaired) electrons. The van der Waals surface area contributed by atoms with Crippen LogP contribution in [0.5, 0.6) is 0 Å². The van der Waals surface area contributed by atoms with Gasteiger partial charge in [0.25, 0.3) is 0 Å². The summed E-state index contributed by atoms with van der Waals surface area (Å²) < 4.78 is 0.659. The fourth-order valence-electron chi connectivity index (χ4n) is 1.04. The first-order valence-corrected chi connectivity index (χ1v) is 5.20. The van der Waals surface area contributed by atoms with E-state index in [1.54, 1.807) is 11.3 Å². The third kappa shape index (κ3) is 2.76. The molecule has 3 heteroatoms. The average molecular weight is 204 g/mol. The number of aryl methyl sites for hydroxylation is 1. The van der Waals surface area contributed by atoms with Crippen LogP contribution in [0.3, 0.4) is 0 Å². The molecular formula is C9H14ClNS. The molecule has 0 unspecified atom stereocenters. The zero-order valence-corrected chi connectivity index (χ0v) is 9.51. The van der Waals surface area contributed by atoms with Gasteiger partial charge in [-0.1, -0.05) is 32.4 Å². The number of halogens is 1. The van der Waals surface area contributed by atoms with Gasteiger partial charge in [-0.25, -0.2) is 4.98 Å². The van der Waals surface area contributed by atoms with Crippen molar-refractivity contribution < 1.29 is 0 Å². The largest absolute Gasteiger partial charge is 0.230 e. The second kappa shape index (κ2) is 3.35. The Labute approximate surface area is 82.8 Å². The van der Waals surface area contributed by atoms with E-state index in [4.69, 9.17) is 11.6 Å². The predicted octanol–water partition coefficient (Wildman–Crippen LogP) is 3.69. The minimum Gasteiger partial charge on any atom is -0.230 e. The molecule has 1 nitrogen and oxygen atoms in total. The van der Waals surface area contributed by atoms with E-state index in [-0.39, 0.29) is 0 Å². The molecule has 0 aromatic carbocycles. The summed E-state index contributed by atoms with van der Waals surface area (Å²) in [4.78, 5) is 5.49. The number of thiazole rings is 1. The smallest absolute Gasteiger partial charge is 0.184 e. The van der Waals surface area contributed by atoms with Crippen molar-refractivity contribution in [2.24, 2.45) is 5.41 Å². The van der Waals surface area contributed by atoms with Gasteiger partial charge in [-0.15, -0.1) is 11.3 Å². The topological polar surface area (TPSA) is 12.9 Å². The van der Waals surface area contributed by atoms with Crippen molar-refractivity contribution in [3.05, 3.63) is 15.0 Å². The molecule has 1 aromatic heterocycles. The van der Waals surface area contributed by atoms with Crippen LogP contribution in [-0.2, 0) is 6.42 Å². The Bertz CT molecular complexity index is 273. The summed E-state index contributed by atoms with van der Waals surface area (Å²) in [5.74, 6) is 0. The van der Waals surface area contributed by atoms with Gasteiger partial charge >= 0.3 is 0 Å². The predicted molar refractivity (Wildman–Crippen MR) is 55.0 cm³/mol. The number of rotatable bonds is 1. The molecule has 0 saturated heterocycles. The molecule has 0 amide bonds. The van der Waals surface area contributed by atoms with Crippen LogP contribution in [0.2, 0.25) is 4.47 Å². The van der Waals surface area contributed by atoms with Crippen molar-refractivity contribution in [3.63, 3.8) is 0 Å². The first-order chi connectivity index (χ1) is 5.38. The Kier molecular flexibility index (Phi) is 2.79. The van der Waals surface area contributed by atoms with Crippen molar-refractivity contribution in [1.29, 1.82) is 0 Å². The molecule has 0 atom stereocenters. The lowest BCUT2D eigenvalue weighted by molar-refractivity contribution is 0.413. The molecule has 0 saturated carbocycles. The highest BCUT2D eigenvalue weighted by atomic mass is 35.5. The molecule has 12 heavy (non-hydrogen) atoms. The van der Waals surface area contributed by atoms with Crippen LogP contribution in [0.15, 0.2) is 0 Å². The molecule has 1 aromatic rings. The maximum absolute atomic E-state index is 5.80. The maximum atomic E-state index is 5.80. The SMILES string of the molecule is Cc1nc(Cl)sc1CC(C)(C)C. The lowest BCUT2D eigenvalue weighted by Gasteiger charge is -2.16. The van der Waals surface area contributed by atoms with E-state index < -0.39 is 0 Å². The summed E-state index contributed by atoms with van der Waals surface area (Å²) in [6.07, 6.45) is 1.06. The van der Waals surface area contributed by atoms with E-state index in [0.29, 0.717) is 9.88 Å². The van der Waals surface area contributed by atoms with Crippen LogP contribution in [0, 0.1) is 12.3 Å². The summed E-state index contributed by atoms with van der Waals surface area (Å²) >= 11 is 7.40. The van der Waals surface area contributed by atoms with Gasteiger partial charge in [-0.2, -0.15) is 0 Å². The minimum absolute atomic E-state index is 0.320. The first kappa shape index (κ1) is 10.0. The summed E-state index contributed by atoms with van der Waals surface area (Å²) in [7, 11) is 0. The normalized spacial score (nSPS) is 12.1. The van der Waals surface area contributed by atoms with Gasteiger partial charge in [0.2, 0.25) is 0 Å². The molecule has 0 aliphatic rings. The molecule has 0 aliphatic carbocycles. The molecule has 0 fully saturated rings. The first-order valence-electron chi connectivity index (χ1n) is 4.00. The van der Waals surface area contributed by atoms with E-state index in [2.05, 4.69) is 25.8 Å². The van der Waals surface area contributed by atoms with Crippen LogP contribution in [0.25, 0.3) is 0 Å². The number of hydrogen-bond acceptors (Lipinski definition) is 2. The van der Waals surface area contributed by atoms with Crippen molar-refractivity contribution in [3.8, 4) is 0 Å². The molecule has 1 heterocycles. The number of nitrogens with zero attached hydrogens (tertiary/aromatic N) is 1. The van der Waals surface area contributed by atoms with Gasteiger partial charge in [0, 0.05) is 4.88 Å². The van der Waals surface area contributed by atoms with Crippen molar-refractivity contribution in [1.82, 2.24) is 4.98 Å². The lowest BCUT2D eigenvalue weighted by atomic mass is 9.91. The third-order valence-corrected chi connectivity index (χ3v) is 2.82. The number of aromatic nitrogens is 1. The lowest BCUT2D eigenvalue weighted by Crippen LogP contribution is -2.08. The Hall–Kier alpha value is -0.0800. The summed E-state index contributed by atoms with van der Waals surface area (Å²) in [5.41, 5.74) is 1.40. The highest BCUT2D eigenvalue weighted by Crippen LogP contribution is 2.29. The second-order valence-corrected chi connectivity index (χ2v) is 5.88. The zero-order chi connectivity index (χ0) is 9.35. The molecule has 1 rings (SSSR count).